The lowest BCUT2D eigenvalue weighted by Crippen LogP contribution is -2.40. The van der Waals surface area contributed by atoms with E-state index in [1.54, 1.807) is 25.8 Å². The SMILES string of the molecule is Cc1noc(C)c1CSCC(=O)N(C)CC(C)(C)O. The number of rotatable bonds is 6. The number of amides is 1. The van der Waals surface area contributed by atoms with Gasteiger partial charge in [-0.1, -0.05) is 5.16 Å². The standard InChI is InChI=1S/C13H22N2O3S/c1-9-11(10(2)18-14-9)6-19-7-12(16)15(5)8-13(3,4)17/h17H,6-8H2,1-5H3. The summed E-state index contributed by atoms with van der Waals surface area (Å²) in [6, 6.07) is 0. The highest BCUT2D eigenvalue weighted by Gasteiger charge is 2.19. The molecule has 1 aromatic rings. The Hall–Kier alpha value is -1.01. The summed E-state index contributed by atoms with van der Waals surface area (Å²) >= 11 is 1.53. The molecule has 0 saturated carbocycles. The Balaban J connectivity index is 2.39. The molecule has 0 aromatic carbocycles. The zero-order valence-electron chi connectivity index (χ0n) is 12.2. The second-order valence-electron chi connectivity index (χ2n) is 5.36. The van der Waals surface area contributed by atoms with Crippen LogP contribution in [0.2, 0.25) is 0 Å². The quantitative estimate of drug-likeness (QED) is 0.863. The summed E-state index contributed by atoms with van der Waals surface area (Å²) in [5.74, 6) is 1.92. The Bertz CT molecular complexity index is 418. The molecule has 1 aromatic heterocycles. The normalized spacial score (nSPS) is 11.7. The Kier molecular flexibility index (Phi) is 5.43. The van der Waals surface area contributed by atoms with Gasteiger partial charge >= 0.3 is 0 Å². The van der Waals surface area contributed by atoms with Crippen LogP contribution < -0.4 is 0 Å². The minimum Gasteiger partial charge on any atom is -0.389 e. The molecule has 0 fully saturated rings. The van der Waals surface area contributed by atoms with Crippen LogP contribution in [0.4, 0.5) is 0 Å². The van der Waals surface area contributed by atoms with Gasteiger partial charge in [-0.2, -0.15) is 0 Å². The van der Waals surface area contributed by atoms with Crippen LogP contribution >= 0.6 is 11.8 Å². The lowest BCUT2D eigenvalue weighted by atomic mass is 10.1. The van der Waals surface area contributed by atoms with Crippen LogP contribution in [0.5, 0.6) is 0 Å². The summed E-state index contributed by atoms with van der Waals surface area (Å²) in [7, 11) is 1.71. The Morgan fingerprint density at radius 1 is 1.47 bits per heavy atom. The van der Waals surface area contributed by atoms with Crippen LogP contribution in [0.25, 0.3) is 0 Å². The summed E-state index contributed by atoms with van der Waals surface area (Å²) < 4.78 is 5.07. The van der Waals surface area contributed by atoms with Crippen LogP contribution in [0, 0.1) is 13.8 Å². The topological polar surface area (TPSA) is 66.6 Å². The molecule has 0 aliphatic rings. The van der Waals surface area contributed by atoms with E-state index in [2.05, 4.69) is 5.16 Å². The molecule has 0 atom stereocenters. The van der Waals surface area contributed by atoms with Crippen molar-refractivity contribution in [2.75, 3.05) is 19.3 Å². The number of aliphatic hydroxyl groups is 1. The summed E-state index contributed by atoms with van der Waals surface area (Å²) in [4.78, 5) is 13.4. The zero-order chi connectivity index (χ0) is 14.6. The first-order chi connectivity index (χ1) is 8.70. The number of hydrogen-bond acceptors (Lipinski definition) is 5. The molecular formula is C13H22N2O3S. The van der Waals surface area contributed by atoms with Gasteiger partial charge in [-0.3, -0.25) is 4.79 Å². The van der Waals surface area contributed by atoms with E-state index in [0.29, 0.717) is 18.1 Å². The molecule has 0 unspecified atom stereocenters. The van der Waals surface area contributed by atoms with Gasteiger partial charge in [0.05, 0.1) is 17.0 Å². The second kappa shape index (κ2) is 6.43. The molecule has 0 saturated heterocycles. The molecule has 1 rings (SSSR count). The van der Waals surface area contributed by atoms with Crippen molar-refractivity contribution in [3.05, 3.63) is 17.0 Å². The van der Waals surface area contributed by atoms with Crippen LogP contribution in [-0.2, 0) is 10.5 Å². The molecule has 0 bridgehead atoms. The molecule has 1 heterocycles. The number of carbonyl (C=O) groups excluding carboxylic acids is 1. The van der Waals surface area contributed by atoms with E-state index in [1.165, 1.54) is 11.8 Å². The van der Waals surface area contributed by atoms with Gasteiger partial charge < -0.3 is 14.5 Å². The lowest BCUT2D eigenvalue weighted by Gasteiger charge is -2.25. The van der Waals surface area contributed by atoms with Crippen molar-refractivity contribution in [1.29, 1.82) is 0 Å². The van der Waals surface area contributed by atoms with Gasteiger partial charge in [0, 0.05) is 24.9 Å². The molecule has 0 aliphatic carbocycles. The number of nitrogens with zero attached hydrogens (tertiary/aromatic N) is 2. The number of hydrogen-bond donors (Lipinski definition) is 1. The number of aryl methyl sites for hydroxylation is 2. The molecule has 1 amide bonds. The van der Waals surface area contributed by atoms with Crippen molar-refractivity contribution in [2.24, 2.45) is 0 Å². The molecule has 0 aliphatic heterocycles. The average molecular weight is 286 g/mol. The maximum absolute atomic E-state index is 11.9. The third-order valence-electron chi connectivity index (χ3n) is 2.70. The number of thioether (sulfide) groups is 1. The predicted octanol–water partition coefficient (Wildman–Crippen LogP) is 1.75. The van der Waals surface area contributed by atoms with E-state index in [-0.39, 0.29) is 5.91 Å². The summed E-state index contributed by atoms with van der Waals surface area (Å²) in [6.45, 7) is 7.48. The maximum Gasteiger partial charge on any atom is 0.232 e. The smallest absolute Gasteiger partial charge is 0.232 e. The van der Waals surface area contributed by atoms with Crippen molar-refractivity contribution in [3.63, 3.8) is 0 Å². The van der Waals surface area contributed by atoms with Crippen molar-refractivity contribution in [3.8, 4) is 0 Å². The molecule has 6 heteroatoms. The van der Waals surface area contributed by atoms with Gasteiger partial charge in [0.2, 0.25) is 5.91 Å². The first-order valence-corrected chi connectivity index (χ1v) is 7.32. The minimum absolute atomic E-state index is 0.0129. The zero-order valence-corrected chi connectivity index (χ0v) is 13.0. The number of carbonyl (C=O) groups is 1. The number of likely N-dealkylation sites (N-methyl/N-ethyl adjacent to an activating group) is 1. The Labute approximate surface area is 118 Å². The van der Waals surface area contributed by atoms with Gasteiger partial charge in [-0.25, -0.2) is 0 Å². The van der Waals surface area contributed by atoms with Crippen molar-refractivity contribution in [2.45, 2.75) is 39.0 Å². The van der Waals surface area contributed by atoms with Gasteiger partial charge in [-0.15, -0.1) is 11.8 Å². The third-order valence-corrected chi connectivity index (χ3v) is 3.65. The fraction of sp³-hybridized carbons (Fsp3) is 0.692. The first-order valence-electron chi connectivity index (χ1n) is 6.16. The van der Waals surface area contributed by atoms with E-state index < -0.39 is 5.60 Å². The summed E-state index contributed by atoms with van der Waals surface area (Å²) in [5.41, 5.74) is 1.07. The molecule has 5 nitrogen and oxygen atoms in total. The molecule has 108 valence electrons. The fourth-order valence-corrected chi connectivity index (χ4v) is 2.84. The van der Waals surface area contributed by atoms with Crippen LogP contribution in [-0.4, -0.2) is 46.0 Å². The lowest BCUT2D eigenvalue weighted by molar-refractivity contribution is -0.129. The average Bonchev–Trinajstić information content (AvgIpc) is 2.57. The largest absolute Gasteiger partial charge is 0.389 e. The Morgan fingerprint density at radius 2 is 2.11 bits per heavy atom. The fourth-order valence-electron chi connectivity index (χ4n) is 1.73. The molecule has 0 spiro atoms. The van der Waals surface area contributed by atoms with Crippen molar-refractivity contribution < 1.29 is 14.4 Å². The van der Waals surface area contributed by atoms with Crippen molar-refractivity contribution in [1.82, 2.24) is 10.1 Å². The van der Waals surface area contributed by atoms with E-state index in [9.17, 15) is 9.90 Å². The van der Waals surface area contributed by atoms with Crippen LogP contribution in [0.15, 0.2) is 4.52 Å². The molecule has 0 radical (unpaired) electrons. The third kappa shape index (κ3) is 5.24. The maximum atomic E-state index is 11.9. The van der Waals surface area contributed by atoms with Gasteiger partial charge in [0.25, 0.3) is 0 Å². The van der Waals surface area contributed by atoms with E-state index in [4.69, 9.17) is 4.52 Å². The van der Waals surface area contributed by atoms with Gasteiger partial charge in [-0.05, 0) is 27.7 Å². The van der Waals surface area contributed by atoms with E-state index in [1.807, 2.05) is 13.8 Å². The molecule has 19 heavy (non-hydrogen) atoms. The monoisotopic (exact) mass is 286 g/mol. The predicted molar refractivity (Wildman–Crippen MR) is 76.1 cm³/mol. The molecular weight excluding hydrogens is 264 g/mol. The highest BCUT2D eigenvalue weighted by Crippen LogP contribution is 2.19. The van der Waals surface area contributed by atoms with E-state index in [0.717, 1.165) is 17.0 Å². The summed E-state index contributed by atoms with van der Waals surface area (Å²) in [6.07, 6.45) is 0. The number of aromatic nitrogens is 1. The second-order valence-corrected chi connectivity index (χ2v) is 6.34. The summed E-state index contributed by atoms with van der Waals surface area (Å²) in [5, 5.41) is 13.5. The van der Waals surface area contributed by atoms with Crippen LogP contribution in [0.3, 0.4) is 0 Å². The highest BCUT2D eigenvalue weighted by atomic mass is 32.2. The van der Waals surface area contributed by atoms with Crippen molar-refractivity contribution >= 4 is 17.7 Å². The van der Waals surface area contributed by atoms with E-state index >= 15 is 0 Å². The minimum atomic E-state index is -0.864. The first kappa shape index (κ1) is 16.0. The Morgan fingerprint density at radius 3 is 2.58 bits per heavy atom. The van der Waals surface area contributed by atoms with Gasteiger partial charge in [0.1, 0.15) is 5.76 Å². The molecule has 1 N–H and O–H groups in total. The van der Waals surface area contributed by atoms with Crippen LogP contribution in [0.1, 0.15) is 30.9 Å². The highest BCUT2D eigenvalue weighted by molar-refractivity contribution is 7.99. The van der Waals surface area contributed by atoms with Gasteiger partial charge in [0.15, 0.2) is 0 Å².